The molecule has 0 amide bonds. The molecule has 0 radical (unpaired) electrons. The zero-order chi connectivity index (χ0) is 23.8. The number of hydrogen-bond donors (Lipinski definition) is 3. The topological polar surface area (TPSA) is 154 Å². The number of sulfonamides is 1. The van der Waals surface area contributed by atoms with Crippen LogP contribution in [0, 0.1) is 6.92 Å². The number of furan rings is 1. The molecule has 1 aliphatic heterocycles. The first-order valence-electron chi connectivity index (χ1n) is 9.24. The molecule has 0 bridgehead atoms. The molecule has 11 nitrogen and oxygen atoms in total. The first-order valence-corrected chi connectivity index (χ1v) is 12.1. The van der Waals surface area contributed by atoms with E-state index in [4.69, 9.17) is 4.42 Å². The Hall–Kier alpha value is -3.16. The highest BCUT2D eigenvalue weighted by Crippen LogP contribution is 2.33. The van der Waals surface area contributed by atoms with E-state index in [1.54, 1.807) is 13.0 Å². The van der Waals surface area contributed by atoms with Crippen LogP contribution < -0.4 is 10.0 Å². The molecule has 1 aromatic heterocycles. The van der Waals surface area contributed by atoms with Gasteiger partial charge in [-0.2, -0.15) is 8.42 Å². The summed E-state index contributed by atoms with van der Waals surface area (Å²) < 4.78 is 61.3. The summed E-state index contributed by atoms with van der Waals surface area (Å²) in [6.45, 7) is 7.43. The van der Waals surface area contributed by atoms with Crippen molar-refractivity contribution in [1.82, 2.24) is 9.03 Å². The van der Waals surface area contributed by atoms with Crippen LogP contribution >= 0.6 is 0 Å². The fraction of sp³-hybridized carbons (Fsp3) is 0.263. The molecule has 0 unspecified atom stereocenters. The number of phenols is 1. The van der Waals surface area contributed by atoms with Crippen molar-refractivity contribution in [3.05, 3.63) is 54.0 Å². The van der Waals surface area contributed by atoms with Gasteiger partial charge in [0.1, 0.15) is 16.7 Å². The van der Waals surface area contributed by atoms with Gasteiger partial charge in [0, 0.05) is 14.1 Å². The maximum Gasteiger partial charge on any atom is 0.345 e. The van der Waals surface area contributed by atoms with Crippen molar-refractivity contribution >= 4 is 37.6 Å². The van der Waals surface area contributed by atoms with E-state index in [2.05, 4.69) is 26.0 Å². The highest BCUT2D eigenvalue weighted by molar-refractivity contribution is 7.89. The normalized spacial score (nSPS) is 17.8. The minimum absolute atomic E-state index is 0.0704. The Morgan fingerprint density at radius 2 is 2.06 bits per heavy atom. The number of phenolic OH excluding ortho intramolecular Hbond substituents is 1. The van der Waals surface area contributed by atoms with E-state index in [1.807, 2.05) is 6.92 Å². The molecule has 2 heterocycles. The second kappa shape index (κ2) is 8.41. The van der Waals surface area contributed by atoms with Crippen LogP contribution in [-0.4, -0.2) is 52.0 Å². The summed E-state index contributed by atoms with van der Waals surface area (Å²) in [5, 5.41) is 13.2. The van der Waals surface area contributed by atoms with Crippen LogP contribution in [0.2, 0.25) is 0 Å². The molecule has 0 fully saturated rings. The van der Waals surface area contributed by atoms with Crippen molar-refractivity contribution in [3.8, 4) is 5.75 Å². The van der Waals surface area contributed by atoms with E-state index in [-0.39, 0.29) is 22.3 Å². The smallest absolute Gasteiger partial charge is 0.345 e. The van der Waals surface area contributed by atoms with Crippen molar-refractivity contribution in [2.75, 3.05) is 19.4 Å². The Morgan fingerprint density at radius 3 is 2.62 bits per heavy atom. The van der Waals surface area contributed by atoms with Crippen molar-refractivity contribution in [3.63, 3.8) is 0 Å². The quantitative estimate of drug-likeness (QED) is 0.421. The lowest BCUT2D eigenvalue weighted by atomic mass is 10.1. The van der Waals surface area contributed by atoms with Gasteiger partial charge in [0.05, 0.1) is 12.0 Å². The number of aliphatic imine (C=N–C) groups is 1. The molecule has 3 N–H and O–H groups in total. The van der Waals surface area contributed by atoms with Crippen LogP contribution in [0.1, 0.15) is 24.3 Å². The lowest BCUT2D eigenvalue weighted by Gasteiger charge is -2.16. The van der Waals surface area contributed by atoms with Crippen molar-refractivity contribution in [1.29, 1.82) is 0 Å². The van der Waals surface area contributed by atoms with Gasteiger partial charge in [0.25, 0.3) is 0 Å². The lowest BCUT2D eigenvalue weighted by Crippen LogP contribution is -2.31. The predicted molar refractivity (Wildman–Crippen MR) is 121 cm³/mol. The van der Waals surface area contributed by atoms with E-state index in [0.29, 0.717) is 11.3 Å². The highest BCUT2D eigenvalue weighted by Gasteiger charge is 2.30. The molecule has 0 spiro atoms. The van der Waals surface area contributed by atoms with E-state index >= 15 is 0 Å². The van der Waals surface area contributed by atoms with Gasteiger partial charge in [-0.25, -0.2) is 22.4 Å². The van der Waals surface area contributed by atoms with Crippen molar-refractivity contribution in [2.24, 2.45) is 9.39 Å². The fourth-order valence-electron chi connectivity index (χ4n) is 2.82. The van der Waals surface area contributed by atoms with E-state index in [0.717, 1.165) is 9.87 Å². The van der Waals surface area contributed by atoms with E-state index in [1.165, 1.54) is 38.6 Å². The number of rotatable bonds is 6. The first kappa shape index (κ1) is 23.5. The van der Waals surface area contributed by atoms with Crippen LogP contribution in [0.25, 0.3) is 0 Å². The molecule has 2 aromatic rings. The third-order valence-corrected chi connectivity index (χ3v) is 7.14. The van der Waals surface area contributed by atoms with E-state index < -0.39 is 32.0 Å². The molecule has 1 atom stereocenters. The standard InChI is InChI=1S/C19H23N5O6S2/c1-11(2)16(14-9-12(3)10-30-14)21-19-18(22-32(28,29)23-19)20-13-7-6-8-15(17(13)25)31(26,27)24(4)5/h6-10,16,25H,1H2,2-5H3,(H,20,22)(H,21,23)/t16-/m1/s1. The molecule has 0 saturated carbocycles. The van der Waals surface area contributed by atoms with Gasteiger partial charge in [-0.05, 0) is 43.2 Å². The third kappa shape index (κ3) is 4.69. The van der Waals surface area contributed by atoms with Gasteiger partial charge in [-0.15, -0.1) is 4.40 Å². The summed E-state index contributed by atoms with van der Waals surface area (Å²) in [6, 6.07) is 5.04. The second-order valence-corrected chi connectivity index (χ2v) is 10.8. The summed E-state index contributed by atoms with van der Waals surface area (Å²) in [5.41, 5.74) is 1.37. The highest BCUT2D eigenvalue weighted by atomic mass is 32.2. The van der Waals surface area contributed by atoms with Crippen LogP contribution in [0.5, 0.6) is 5.75 Å². The van der Waals surface area contributed by atoms with Crippen LogP contribution in [0.4, 0.5) is 5.69 Å². The summed E-state index contributed by atoms with van der Waals surface area (Å²) in [5.74, 6) is -0.512. The maximum atomic E-state index is 12.4. The zero-order valence-corrected chi connectivity index (χ0v) is 19.5. The number of nitrogens with zero attached hydrogens (tertiary/aromatic N) is 3. The Labute approximate surface area is 186 Å². The number of hydrogen-bond acceptors (Lipinski definition) is 8. The molecule has 172 valence electrons. The van der Waals surface area contributed by atoms with Crippen molar-refractivity contribution < 1.29 is 26.4 Å². The fourth-order valence-corrected chi connectivity index (χ4v) is 4.63. The van der Waals surface area contributed by atoms with Gasteiger partial charge < -0.3 is 14.8 Å². The third-order valence-electron chi connectivity index (χ3n) is 4.42. The summed E-state index contributed by atoms with van der Waals surface area (Å²) >= 11 is 0. The van der Waals surface area contributed by atoms with Crippen LogP contribution in [0.3, 0.4) is 0 Å². The van der Waals surface area contributed by atoms with Gasteiger partial charge in [0.15, 0.2) is 17.4 Å². The first-order chi connectivity index (χ1) is 14.8. The molecule has 1 aliphatic rings. The molecule has 1 aromatic carbocycles. The van der Waals surface area contributed by atoms with Gasteiger partial charge in [-0.1, -0.05) is 12.6 Å². The number of aromatic hydroxyl groups is 1. The molecule has 3 rings (SSSR count). The molecule has 13 heteroatoms. The molecular formula is C19H23N5O6S2. The summed E-state index contributed by atoms with van der Waals surface area (Å²) in [7, 11) is -5.40. The molecule has 0 aliphatic carbocycles. The van der Waals surface area contributed by atoms with Crippen LogP contribution in [0.15, 0.2) is 61.4 Å². The number of anilines is 1. The summed E-state index contributed by atoms with van der Waals surface area (Å²) in [6.07, 6.45) is 1.53. The molecule has 32 heavy (non-hydrogen) atoms. The zero-order valence-electron chi connectivity index (χ0n) is 17.8. The monoisotopic (exact) mass is 481 g/mol. The Bertz CT molecular complexity index is 1340. The second-order valence-electron chi connectivity index (χ2n) is 7.33. The average Bonchev–Trinajstić information content (AvgIpc) is 3.22. The van der Waals surface area contributed by atoms with Crippen molar-refractivity contribution in [2.45, 2.75) is 24.8 Å². The number of nitrogens with one attached hydrogen (secondary N) is 2. The number of amidine groups is 2. The lowest BCUT2D eigenvalue weighted by molar-refractivity contribution is 0.455. The maximum absolute atomic E-state index is 12.4. The van der Waals surface area contributed by atoms with Gasteiger partial charge in [0.2, 0.25) is 10.0 Å². The van der Waals surface area contributed by atoms with Gasteiger partial charge >= 0.3 is 10.2 Å². The Balaban J connectivity index is 2.03. The van der Waals surface area contributed by atoms with E-state index in [9.17, 15) is 21.9 Å². The Kier molecular flexibility index (Phi) is 6.18. The minimum Gasteiger partial charge on any atom is -0.504 e. The van der Waals surface area contributed by atoms with Crippen LogP contribution in [-0.2, 0) is 20.2 Å². The average molecular weight is 482 g/mol. The number of benzene rings is 1. The molecular weight excluding hydrogens is 458 g/mol. The number of para-hydroxylation sites is 1. The summed E-state index contributed by atoms with van der Waals surface area (Å²) in [4.78, 5) is 4.04. The SMILES string of the molecule is C=C(C)[C@@H](N=C1NS(=O)(=O)N=C1Nc1cccc(S(=O)(=O)N(C)C)c1O)c1cc(C)co1. The molecule has 0 saturated heterocycles. The largest absolute Gasteiger partial charge is 0.504 e. The Morgan fingerprint density at radius 1 is 1.38 bits per heavy atom. The predicted octanol–water partition coefficient (Wildman–Crippen LogP) is 1.92. The minimum atomic E-state index is -4.10. The van der Waals surface area contributed by atoms with Gasteiger partial charge in [-0.3, -0.25) is 0 Å². The number of aryl methyl sites for hydroxylation is 1.